The summed E-state index contributed by atoms with van der Waals surface area (Å²) in [6.45, 7) is 1.92. The second-order valence-electron chi connectivity index (χ2n) is 2.60. The second kappa shape index (κ2) is 2.64. The molecule has 1 aromatic carbocycles. The number of nitrogens with one attached hydrogen (secondary N) is 1. The number of H-pyrrole nitrogens is 1. The first-order valence-electron chi connectivity index (χ1n) is 3.49. The average molecular weight is 201 g/mol. The highest BCUT2D eigenvalue weighted by Crippen LogP contribution is 2.24. The van der Waals surface area contributed by atoms with Crippen LogP contribution in [0.2, 0.25) is 10.3 Å². The highest BCUT2D eigenvalue weighted by Gasteiger charge is 2.05. The summed E-state index contributed by atoms with van der Waals surface area (Å²) in [4.78, 5) is 7.02. The molecule has 0 bridgehead atoms. The number of aryl methyl sites for hydroxylation is 1. The van der Waals surface area contributed by atoms with Crippen molar-refractivity contribution in [1.82, 2.24) is 9.97 Å². The molecule has 0 atom stereocenters. The predicted molar refractivity (Wildman–Crippen MR) is 50.9 cm³/mol. The van der Waals surface area contributed by atoms with Gasteiger partial charge in [-0.05, 0) is 36.2 Å². The number of hydrogen-bond acceptors (Lipinski definition) is 1. The number of hydrogen-bond donors (Lipinski definition) is 1. The van der Waals surface area contributed by atoms with Crippen molar-refractivity contribution >= 4 is 34.2 Å². The summed E-state index contributed by atoms with van der Waals surface area (Å²) in [5.74, 6) is 0. The lowest BCUT2D eigenvalue weighted by Gasteiger charge is -1.95. The zero-order valence-corrected chi connectivity index (χ0v) is 7.87. The van der Waals surface area contributed by atoms with Crippen LogP contribution < -0.4 is 0 Å². The fraction of sp³-hybridized carbons (Fsp3) is 0.125. The molecule has 1 aromatic heterocycles. The van der Waals surface area contributed by atoms with Gasteiger partial charge in [-0.1, -0.05) is 11.6 Å². The Morgan fingerprint density at radius 3 is 2.83 bits per heavy atom. The first-order valence-corrected chi connectivity index (χ1v) is 4.24. The van der Waals surface area contributed by atoms with Crippen LogP contribution in [-0.2, 0) is 0 Å². The van der Waals surface area contributed by atoms with E-state index in [4.69, 9.17) is 23.2 Å². The van der Waals surface area contributed by atoms with Crippen LogP contribution in [0.4, 0.5) is 0 Å². The summed E-state index contributed by atoms with van der Waals surface area (Å²) in [5.41, 5.74) is 2.71. The van der Waals surface area contributed by atoms with Crippen molar-refractivity contribution in [1.29, 1.82) is 0 Å². The maximum atomic E-state index is 5.90. The Kier molecular flexibility index (Phi) is 1.74. The van der Waals surface area contributed by atoms with E-state index in [1.165, 1.54) is 0 Å². The van der Waals surface area contributed by atoms with Gasteiger partial charge in [-0.25, -0.2) is 4.98 Å². The molecule has 0 aliphatic carbocycles. The van der Waals surface area contributed by atoms with Gasteiger partial charge in [-0.2, -0.15) is 0 Å². The van der Waals surface area contributed by atoms with Gasteiger partial charge in [0.2, 0.25) is 5.28 Å². The minimum Gasteiger partial charge on any atom is -0.329 e. The quantitative estimate of drug-likeness (QED) is 0.696. The Morgan fingerprint density at radius 2 is 2.08 bits per heavy atom. The molecular weight excluding hydrogens is 195 g/mol. The van der Waals surface area contributed by atoms with Gasteiger partial charge in [-0.15, -0.1) is 0 Å². The number of nitrogens with zero attached hydrogens (tertiary/aromatic N) is 1. The van der Waals surface area contributed by atoms with Crippen molar-refractivity contribution in [2.75, 3.05) is 0 Å². The van der Waals surface area contributed by atoms with Gasteiger partial charge in [0.25, 0.3) is 0 Å². The van der Waals surface area contributed by atoms with Gasteiger partial charge in [-0.3, -0.25) is 0 Å². The van der Waals surface area contributed by atoms with Crippen molar-refractivity contribution in [2.24, 2.45) is 0 Å². The van der Waals surface area contributed by atoms with Crippen LogP contribution in [0.25, 0.3) is 11.0 Å². The molecule has 0 aliphatic heterocycles. The molecule has 62 valence electrons. The summed E-state index contributed by atoms with van der Waals surface area (Å²) in [5, 5.41) is 1.11. The predicted octanol–water partition coefficient (Wildman–Crippen LogP) is 3.18. The molecule has 0 unspecified atom stereocenters. The molecule has 0 saturated heterocycles. The second-order valence-corrected chi connectivity index (χ2v) is 3.36. The van der Waals surface area contributed by atoms with E-state index >= 15 is 0 Å². The van der Waals surface area contributed by atoms with Crippen LogP contribution in [0.15, 0.2) is 12.1 Å². The summed E-state index contributed by atoms with van der Waals surface area (Å²) in [6.07, 6.45) is 0. The molecular formula is C8H6Cl2N2. The molecule has 2 aromatic rings. The highest BCUT2D eigenvalue weighted by molar-refractivity contribution is 6.32. The third-order valence-electron chi connectivity index (χ3n) is 1.81. The van der Waals surface area contributed by atoms with Gasteiger partial charge < -0.3 is 4.98 Å². The Labute approximate surface area is 79.5 Å². The molecule has 2 rings (SSSR count). The number of benzene rings is 1. The summed E-state index contributed by atoms with van der Waals surface area (Å²) < 4.78 is 0. The summed E-state index contributed by atoms with van der Waals surface area (Å²) in [7, 11) is 0. The lowest BCUT2D eigenvalue weighted by molar-refractivity contribution is 1.34. The number of fused-ring (bicyclic) bond motifs is 1. The molecule has 0 radical (unpaired) electrons. The first-order chi connectivity index (χ1) is 5.68. The van der Waals surface area contributed by atoms with Gasteiger partial charge in [0.1, 0.15) is 0 Å². The summed E-state index contributed by atoms with van der Waals surface area (Å²) in [6, 6.07) is 3.69. The van der Waals surface area contributed by atoms with E-state index in [0.29, 0.717) is 10.3 Å². The Morgan fingerprint density at radius 1 is 1.33 bits per heavy atom. The lowest BCUT2D eigenvalue weighted by atomic mass is 10.2. The number of imidazole rings is 1. The SMILES string of the molecule is Cc1c(Cl)ccc2[nH]c(Cl)nc12. The van der Waals surface area contributed by atoms with Crippen molar-refractivity contribution in [3.05, 3.63) is 28.0 Å². The fourth-order valence-electron chi connectivity index (χ4n) is 1.16. The smallest absolute Gasteiger partial charge is 0.201 e. The van der Waals surface area contributed by atoms with Crippen LogP contribution in [-0.4, -0.2) is 9.97 Å². The molecule has 0 fully saturated rings. The molecule has 1 heterocycles. The Balaban J connectivity index is 2.89. The zero-order valence-electron chi connectivity index (χ0n) is 6.36. The van der Waals surface area contributed by atoms with E-state index < -0.39 is 0 Å². The van der Waals surface area contributed by atoms with Crippen molar-refractivity contribution < 1.29 is 0 Å². The van der Waals surface area contributed by atoms with E-state index in [2.05, 4.69) is 9.97 Å². The molecule has 12 heavy (non-hydrogen) atoms. The van der Waals surface area contributed by atoms with Crippen LogP contribution >= 0.6 is 23.2 Å². The van der Waals surface area contributed by atoms with Gasteiger partial charge >= 0.3 is 0 Å². The Hall–Kier alpha value is -0.730. The fourth-order valence-corrected chi connectivity index (χ4v) is 1.50. The van der Waals surface area contributed by atoms with Crippen LogP contribution in [0.5, 0.6) is 0 Å². The van der Waals surface area contributed by atoms with Gasteiger partial charge in [0.05, 0.1) is 11.0 Å². The number of aromatic nitrogens is 2. The van der Waals surface area contributed by atoms with Gasteiger partial charge in [0.15, 0.2) is 0 Å². The lowest BCUT2D eigenvalue weighted by Crippen LogP contribution is -1.77. The molecule has 4 heteroatoms. The van der Waals surface area contributed by atoms with Crippen LogP contribution in [0, 0.1) is 6.92 Å². The van der Waals surface area contributed by atoms with E-state index in [0.717, 1.165) is 16.6 Å². The normalized spacial score (nSPS) is 10.9. The monoisotopic (exact) mass is 200 g/mol. The minimum atomic E-state index is 0.398. The van der Waals surface area contributed by atoms with Crippen LogP contribution in [0.1, 0.15) is 5.56 Å². The molecule has 0 amide bonds. The number of aromatic amines is 1. The average Bonchev–Trinajstić information content (AvgIpc) is 2.39. The van der Waals surface area contributed by atoms with E-state index in [1.54, 1.807) is 0 Å². The zero-order chi connectivity index (χ0) is 8.72. The number of halogens is 2. The third-order valence-corrected chi connectivity index (χ3v) is 2.40. The molecule has 2 nitrogen and oxygen atoms in total. The molecule has 0 aliphatic rings. The highest BCUT2D eigenvalue weighted by atomic mass is 35.5. The molecule has 0 saturated carbocycles. The number of rotatable bonds is 0. The first kappa shape index (κ1) is 7.90. The molecule has 1 N–H and O–H groups in total. The topological polar surface area (TPSA) is 28.7 Å². The van der Waals surface area contributed by atoms with Gasteiger partial charge in [0, 0.05) is 5.02 Å². The van der Waals surface area contributed by atoms with E-state index in [9.17, 15) is 0 Å². The standard InChI is InChI=1S/C8H6Cl2N2/c1-4-5(9)2-3-6-7(4)12-8(10)11-6/h2-3H,1H3,(H,11,12). The van der Waals surface area contributed by atoms with Crippen molar-refractivity contribution in [3.8, 4) is 0 Å². The Bertz CT molecular complexity index is 434. The van der Waals surface area contributed by atoms with Crippen molar-refractivity contribution in [2.45, 2.75) is 6.92 Å². The van der Waals surface area contributed by atoms with Crippen LogP contribution in [0.3, 0.4) is 0 Å². The van der Waals surface area contributed by atoms with E-state index in [-0.39, 0.29) is 0 Å². The largest absolute Gasteiger partial charge is 0.329 e. The summed E-state index contributed by atoms with van der Waals surface area (Å²) >= 11 is 11.6. The van der Waals surface area contributed by atoms with Crippen molar-refractivity contribution in [3.63, 3.8) is 0 Å². The maximum Gasteiger partial charge on any atom is 0.201 e. The third kappa shape index (κ3) is 1.08. The van der Waals surface area contributed by atoms with E-state index in [1.807, 2.05) is 19.1 Å². The molecule has 0 spiro atoms. The maximum absolute atomic E-state index is 5.90. The minimum absolute atomic E-state index is 0.398.